The molecule has 3 fully saturated rings. The van der Waals surface area contributed by atoms with Crippen molar-refractivity contribution >= 4 is 28.3 Å². The van der Waals surface area contributed by atoms with Gasteiger partial charge in [-0.3, -0.25) is 9.48 Å². The second-order valence-electron chi connectivity index (χ2n) is 9.39. The second-order valence-corrected chi connectivity index (χ2v) is 9.39. The molecule has 1 aliphatic carbocycles. The Kier molecular flexibility index (Phi) is 5.06. The summed E-state index contributed by atoms with van der Waals surface area (Å²) in [6.45, 7) is 4.11. The van der Waals surface area contributed by atoms with Gasteiger partial charge < -0.3 is 15.5 Å². The van der Waals surface area contributed by atoms with Gasteiger partial charge in [-0.1, -0.05) is 6.07 Å². The van der Waals surface area contributed by atoms with Gasteiger partial charge in [0.05, 0.1) is 11.6 Å². The number of carbonyl (C=O) groups is 1. The maximum absolute atomic E-state index is 13.1. The molecular weight excluding hydrogens is 400 g/mol. The van der Waals surface area contributed by atoms with Gasteiger partial charge in [-0.2, -0.15) is 5.10 Å². The Bertz CT molecular complexity index is 1140. The maximum atomic E-state index is 13.1. The summed E-state index contributed by atoms with van der Waals surface area (Å²) in [7, 11) is 0. The number of rotatable bonds is 5. The smallest absolute Gasteiger partial charge is 0.274 e. The highest BCUT2D eigenvalue weighted by Crippen LogP contribution is 2.45. The Hall–Kier alpha value is -2.93. The van der Waals surface area contributed by atoms with Gasteiger partial charge in [-0.15, -0.1) is 0 Å². The molecule has 2 aromatic heterocycles. The third kappa shape index (κ3) is 3.86. The van der Waals surface area contributed by atoms with E-state index in [2.05, 4.69) is 43.5 Å². The molecule has 166 valence electrons. The van der Waals surface area contributed by atoms with Crippen LogP contribution in [0.2, 0.25) is 0 Å². The first kappa shape index (κ1) is 19.7. The Labute approximate surface area is 188 Å². The van der Waals surface area contributed by atoms with Gasteiger partial charge in [0.15, 0.2) is 0 Å². The molecule has 32 heavy (non-hydrogen) atoms. The van der Waals surface area contributed by atoms with Crippen molar-refractivity contribution in [2.75, 3.05) is 36.4 Å². The molecule has 0 radical (unpaired) electrons. The highest BCUT2D eigenvalue weighted by atomic mass is 16.1. The zero-order chi connectivity index (χ0) is 21.5. The van der Waals surface area contributed by atoms with E-state index in [4.69, 9.17) is 5.10 Å². The van der Waals surface area contributed by atoms with Gasteiger partial charge in [0.2, 0.25) is 0 Å². The largest absolute Gasteiger partial charge is 0.357 e. The molecule has 7 nitrogen and oxygen atoms in total. The average molecular weight is 431 g/mol. The van der Waals surface area contributed by atoms with E-state index < -0.39 is 0 Å². The molecule has 0 unspecified atom stereocenters. The van der Waals surface area contributed by atoms with Crippen LogP contribution in [0.1, 0.15) is 66.5 Å². The molecule has 1 amide bonds. The first-order valence-electron chi connectivity index (χ1n) is 12.0. The molecule has 3 aliphatic rings. The summed E-state index contributed by atoms with van der Waals surface area (Å²) in [4.78, 5) is 20.1. The number of fused-ring (bicyclic) bond motifs is 1. The van der Waals surface area contributed by atoms with Crippen LogP contribution >= 0.6 is 0 Å². The van der Waals surface area contributed by atoms with Crippen LogP contribution in [0.3, 0.4) is 0 Å². The molecular formula is C25H30N6O. The van der Waals surface area contributed by atoms with Crippen LogP contribution in [0, 0.1) is 0 Å². The summed E-state index contributed by atoms with van der Waals surface area (Å²) in [6.07, 6.45) is 9.07. The molecule has 0 atom stereocenters. The maximum Gasteiger partial charge on any atom is 0.274 e. The van der Waals surface area contributed by atoms with Crippen LogP contribution in [0.15, 0.2) is 36.5 Å². The van der Waals surface area contributed by atoms with E-state index in [1.165, 1.54) is 31.2 Å². The van der Waals surface area contributed by atoms with E-state index in [-0.39, 0.29) is 5.91 Å². The van der Waals surface area contributed by atoms with Crippen molar-refractivity contribution < 1.29 is 4.79 Å². The van der Waals surface area contributed by atoms with Crippen molar-refractivity contribution in [3.63, 3.8) is 0 Å². The van der Waals surface area contributed by atoms with Crippen LogP contribution in [-0.4, -0.2) is 46.9 Å². The number of nitrogens with one attached hydrogen (secondary N) is 2. The van der Waals surface area contributed by atoms with E-state index in [9.17, 15) is 4.79 Å². The fraction of sp³-hybridized carbons (Fsp3) is 0.480. The van der Waals surface area contributed by atoms with Gasteiger partial charge in [0, 0.05) is 30.4 Å². The average Bonchev–Trinajstić information content (AvgIpc) is 3.36. The Balaban J connectivity index is 1.29. The van der Waals surface area contributed by atoms with Crippen molar-refractivity contribution in [1.82, 2.24) is 20.1 Å². The lowest BCUT2D eigenvalue weighted by Crippen LogP contribution is -2.29. The number of piperidine rings is 1. The zero-order valence-electron chi connectivity index (χ0n) is 18.4. The summed E-state index contributed by atoms with van der Waals surface area (Å²) >= 11 is 0. The molecule has 3 aromatic rings. The standard InChI is InChI=1S/C25H30N6O/c32-25(21-4-3-5-24(27-21)30-12-1-2-13-30)28-23-14-18-16-31(19-8-10-26-11-9-19)29-22(18)15-20(23)17-6-7-17/h3-5,14-17,19,26H,1-2,6-13H2,(H,28,32). The topological polar surface area (TPSA) is 75.1 Å². The number of pyridine rings is 1. The van der Waals surface area contributed by atoms with Gasteiger partial charge in [0.25, 0.3) is 5.91 Å². The predicted octanol–water partition coefficient (Wildman–Crippen LogP) is 4.09. The third-order valence-electron chi connectivity index (χ3n) is 7.04. The summed E-state index contributed by atoms with van der Waals surface area (Å²) in [5.74, 6) is 1.27. The number of hydrogen-bond acceptors (Lipinski definition) is 5. The highest BCUT2D eigenvalue weighted by Gasteiger charge is 2.28. The van der Waals surface area contributed by atoms with Gasteiger partial charge in [-0.05, 0) is 87.4 Å². The van der Waals surface area contributed by atoms with Crippen molar-refractivity contribution in [3.05, 3.63) is 47.8 Å². The quantitative estimate of drug-likeness (QED) is 0.638. The van der Waals surface area contributed by atoms with Crippen molar-refractivity contribution in [2.45, 2.75) is 50.5 Å². The molecule has 2 saturated heterocycles. The molecule has 7 heteroatoms. The minimum atomic E-state index is -0.141. The van der Waals surface area contributed by atoms with Crippen LogP contribution in [0.5, 0.6) is 0 Å². The molecule has 0 spiro atoms. The first-order chi connectivity index (χ1) is 15.7. The van der Waals surface area contributed by atoms with Crippen molar-refractivity contribution in [2.24, 2.45) is 0 Å². The van der Waals surface area contributed by atoms with Crippen LogP contribution in [0.25, 0.3) is 10.9 Å². The fourth-order valence-corrected chi connectivity index (χ4v) is 5.06. The Morgan fingerprint density at radius 3 is 2.66 bits per heavy atom. The van der Waals surface area contributed by atoms with E-state index in [0.29, 0.717) is 17.7 Å². The van der Waals surface area contributed by atoms with Gasteiger partial charge in [-0.25, -0.2) is 4.98 Å². The summed E-state index contributed by atoms with van der Waals surface area (Å²) in [5, 5.41) is 12.6. The van der Waals surface area contributed by atoms with Crippen molar-refractivity contribution in [1.29, 1.82) is 0 Å². The molecule has 2 aliphatic heterocycles. The third-order valence-corrected chi connectivity index (χ3v) is 7.04. The van der Waals surface area contributed by atoms with E-state index in [1.807, 2.05) is 12.1 Å². The first-order valence-corrected chi connectivity index (χ1v) is 12.0. The lowest BCUT2D eigenvalue weighted by Gasteiger charge is -2.22. The van der Waals surface area contributed by atoms with E-state index in [0.717, 1.165) is 61.4 Å². The second kappa shape index (κ2) is 8.20. The molecule has 1 aromatic carbocycles. The van der Waals surface area contributed by atoms with E-state index in [1.54, 1.807) is 6.07 Å². The molecule has 0 bridgehead atoms. The number of benzene rings is 1. The summed E-state index contributed by atoms with van der Waals surface area (Å²) in [6, 6.07) is 10.5. The van der Waals surface area contributed by atoms with E-state index >= 15 is 0 Å². The lowest BCUT2D eigenvalue weighted by molar-refractivity contribution is 0.102. The lowest BCUT2D eigenvalue weighted by atomic mass is 10.1. The van der Waals surface area contributed by atoms with Gasteiger partial charge in [0.1, 0.15) is 11.5 Å². The number of hydrogen-bond donors (Lipinski definition) is 2. The highest BCUT2D eigenvalue weighted by molar-refractivity contribution is 6.04. The van der Waals surface area contributed by atoms with Crippen LogP contribution < -0.4 is 15.5 Å². The number of carbonyl (C=O) groups excluding carboxylic acids is 1. The van der Waals surface area contributed by atoms with Gasteiger partial charge >= 0.3 is 0 Å². The minimum absolute atomic E-state index is 0.141. The number of aromatic nitrogens is 3. The summed E-state index contributed by atoms with van der Waals surface area (Å²) < 4.78 is 2.13. The minimum Gasteiger partial charge on any atom is -0.357 e. The van der Waals surface area contributed by atoms with Crippen LogP contribution in [0.4, 0.5) is 11.5 Å². The van der Waals surface area contributed by atoms with Crippen LogP contribution in [-0.2, 0) is 0 Å². The molecule has 2 N–H and O–H groups in total. The SMILES string of the molecule is O=C(Nc1cc2cn(C3CCNCC3)nc2cc1C1CC1)c1cccc(N2CCCC2)n1. The molecule has 6 rings (SSSR count). The zero-order valence-corrected chi connectivity index (χ0v) is 18.4. The number of anilines is 2. The Morgan fingerprint density at radius 1 is 1.06 bits per heavy atom. The normalized spacial score (nSPS) is 19.6. The van der Waals surface area contributed by atoms with Crippen molar-refractivity contribution in [3.8, 4) is 0 Å². The number of nitrogens with zero attached hydrogens (tertiary/aromatic N) is 4. The number of amides is 1. The fourth-order valence-electron chi connectivity index (χ4n) is 5.06. The summed E-state index contributed by atoms with van der Waals surface area (Å²) in [5.41, 5.74) is 3.61. The predicted molar refractivity (Wildman–Crippen MR) is 126 cm³/mol. The Morgan fingerprint density at radius 2 is 1.88 bits per heavy atom. The molecule has 1 saturated carbocycles. The monoisotopic (exact) mass is 430 g/mol. The molecule has 4 heterocycles.